The third kappa shape index (κ3) is 5.05. The molecule has 0 radical (unpaired) electrons. The lowest BCUT2D eigenvalue weighted by molar-refractivity contribution is -0.138. The average molecular weight is 464 g/mol. The van der Waals surface area contributed by atoms with E-state index in [1.54, 1.807) is 0 Å². The molecule has 4 rings (SSSR count). The fourth-order valence-electron chi connectivity index (χ4n) is 4.18. The number of aromatic nitrogens is 1. The molecule has 9 heteroatoms. The van der Waals surface area contributed by atoms with Gasteiger partial charge < -0.3 is 10.0 Å². The first-order valence-electron chi connectivity index (χ1n) is 10.4. The van der Waals surface area contributed by atoms with Crippen LogP contribution in [0.5, 0.6) is 0 Å². The van der Waals surface area contributed by atoms with E-state index in [9.17, 15) is 18.0 Å². The number of halogens is 3. The second kappa shape index (κ2) is 8.71. The zero-order valence-electron chi connectivity index (χ0n) is 17.8. The maximum atomic E-state index is 13.0. The number of aryl methyl sites for hydroxylation is 1. The summed E-state index contributed by atoms with van der Waals surface area (Å²) in [7, 11) is 0. The van der Waals surface area contributed by atoms with Gasteiger partial charge in [-0.15, -0.1) is 0 Å². The average Bonchev–Trinajstić information content (AvgIpc) is 3.11. The fourth-order valence-corrected chi connectivity index (χ4v) is 5.22. The lowest BCUT2D eigenvalue weighted by atomic mass is 10.0. The number of hydrogen-bond donors (Lipinski definition) is 1. The van der Waals surface area contributed by atoms with Gasteiger partial charge in [0.2, 0.25) is 0 Å². The van der Waals surface area contributed by atoms with E-state index in [-0.39, 0.29) is 12.5 Å². The van der Waals surface area contributed by atoms with Crippen molar-refractivity contribution in [1.82, 2.24) is 9.88 Å². The van der Waals surface area contributed by atoms with Crippen molar-refractivity contribution in [3.63, 3.8) is 0 Å². The molecule has 1 aliphatic rings. The van der Waals surface area contributed by atoms with Crippen molar-refractivity contribution in [2.75, 3.05) is 24.5 Å². The summed E-state index contributed by atoms with van der Waals surface area (Å²) in [5.74, 6) is -0.846. The molecule has 1 aliphatic heterocycles. The lowest BCUT2D eigenvalue weighted by Crippen LogP contribution is -2.51. The molecule has 0 bridgehead atoms. The highest BCUT2D eigenvalue weighted by Crippen LogP contribution is 2.36. The van der Waals surface area contributed by atoms with Crippen molar-refractivity contribution in [1.29, 1.82) is 0 Å². The molecular weight excluding hydrogens is 439 g/mol. The molecule has 0 aliphatic carbocycles. The van der Waals surface area contributed by atoms with Crippen LogP contribution >= 0.6 is 11.3 Å². The van der Waals surface area contributed by atoms with Gasteiger partial charge in [-0.25, -0.2) is 4.98 Å². The van der Waals surface area contributed by atoms with Gasteiger partial charge in [-0.2, -0.15) is 13.2 Å². The normalized spacial score (nSPS) is 17.8. The molecule has 2 aromatic carbocycles. The van der Waals surface area contributed by atoms with Gasteiger partial charge in [0.1, 0.15) is 0 Å². The fraction of sp³-hybridized carbons (Fsp3) is 0.391. The first-order valence-corrected chi connectivity index (χ1v) is 11.2. The largest absolute Gasteiger partial charge is 0.481 e. The molecule has 1 N–H and O–H groups in total. The van der Waals surface area contributed by atoms with Crippen LogP contribution < -0.4 is 4.90 Å². The summed E-state index contributed by atoms with van der Waals surface area (Å²) >= 11 is 1.29. The van der Waals surface area contributed by atoms with E-state index in [0.717, 1.165) is 54.1 Å². The number of alkyl halides is 3. The quantitative estimate of drug-likeness (QED) is 0.580. The molecule has 1 saturated heterocycles. The van der Waals surface area contributed by atoms with Crippen LogP contribution in [-0.2, 0) is 23.9 Å². The SMILES string of the molecule is Cc1cc(CC(=O)O)cc(CN2CCN(c3nc4ccc(C(F)(F)F)cc4s3)CC2C)c1. The summed E-state index contributed by atoms with van der Waals surface area (Å²) in [6, 6.07) is 9.82. The van der Waals surface area contributed by atoms with Gasteiger partial charge in [0, 0.05) is 32.2 Å². The van der Waals surface area contributed by atoms with Crippen LogP contribution in [0.2, 0.25) is 0 Å². The number of thiazole rings is 1. The van der Waals surface area contributed by atoms with E-state index in [0.29, 0.717) is 10.2 Å². The Kier molecular flexibility index (Phi) is 6.13. The van der Waals surface area contributed by atoms with Crippen molar-refractivity contribution >= 4 is 32.7 Å². The number of benzene rings is 2. The highest BCUT2D eigenvalue weighted by Gasteiger charge is 2.31. The van der Waals surface area contributed by atoms with E-state index in [1.165, 1.54) is 23.5 Å². The van der Waals surface area contributed by atoms with Crippen molar-refractivity contribution in [3.05, 3.63) is 58.7 Å². The standard InChI is InChI=1S/C23H24F3N3O2S/c1-14-7-16(10-21(30)31)9-17(8-14)13-28-5-6-29(12-15(28)2)22-27-19-4-3-18(23(24,25)26)11-20(19)32-22/h3-4,7-9,11,15H,5-6,10,12-13H2,1-2H3,(H,30,31). The molecule has 1 unspecified atom stereocenters. The summed E-state index contributed by atoms with van der Waals surface area (Å²) < 4.78 is 39.5. The highest BCUT2D eigenvalue weighted by molar-refractivity contribution is 7.22. The number of aliphatic carboxylic acids is 1. The van der Waals surface area contributed by atoms with Gasteiger partial charge in [-0.05, 0) is 43.2 Å². The number of anilines is 1. The Bertz CT molecular complexity index is 1150. The number of fused-ring (bicyclic) bond motifs is 1. The molecule has 3 aromatic rings. The molecule has 0 saturated carbocycles. The minimum absolute atomic E-state index is 0.00563. The number of rotatable bonds is 5. The van der Waals surface area contributed by atoms with Crippen LogP contribution in [0.15, 0.2) is 36.4 Å². The molecule has 170 valence electrons. The Morgan fingerprint density at radius 3 is 2.62 bits per heavy atom. The van der Waals surface area contributed by atoms with Gasteiger partial charge in [-0.3, -0.25) is 9.69 Å². The van der Waals surface area contributed by atoms with Gasteiger partial charge in [0.25, 0.3) is 0 Å². The third-order valence-corrected chi connectivity index (χ3v) is 6.76. The molecular formula is C23H24F3N3O2S. The summed E-state index contributed by atoms with van der Waals surface area (Å²) in [4.78, 5) is 20.1. The summed E-state index contributed by atoms with van der Waals surface area (Å²) in [5, 5.41) is 9.82. The smallest absolute Gasteiger partial charge is 0.416 e. The Labute approximate surface area is 188 Å². The Morgan fingerprint density at radius 1 is 1.19 bits per heavy atom. The monoisotopic (exact) mass is 463 g/mol. The molecule has 32 heavy (non-hydrogen) atoms. The predicted octanol–water partition coefficient (Wildman–Crippen LogP) is 4.96. The Hall–Kier alpha value is -2.65. The Balaban J connectivity index is 1.46. The zero-order valence-corrected chi connectivity index (χ0v) is 18.6. The second-order valence-electron chi connectivity index (χ2n) is 8.34. The minimum atomic E-state index is -4.36. The number of piperazine rings is 1. The van der Waals surface area contributed by atoms with Crippen LogP contribution in [0, 0.1) is 6.92 Å². The third-order valence-electron chi connectivity index (χ3n) is 5.68. The summed E-state index contributed by atoms with van der Waals surface area (Å²) in [6.07, 6.45) is -4.36. The van der Waals surface area contributed by atoms with Crippen molar-refractivity contribution in [2.24, 2.45) is 0 Å². The number of carboxylic acids is 1. The van der Waals surface area contributed by atoms with Crippen LogP contribution in [-0.4, -0.2) is 46.6 Å². The zero-order chi connectivity index (χ0) is 23.0. The van der Waals surface area contributed by atoms with Crippen molar-refractivity contribution in [3.8, 4) is 0 Å². The topological polar surface area (TPSA) is 56.7 Å². The molecule has 0 amide bonds. The van der Waals surface area contributed by atoms with E-state index in [2.05, 4.69) is 27.8 Å². The van der Waals surface area contributed by atoms with Crippen LogP contribution in [0.4, 0.5) is 18.3 Å². The van der Waals surface area contributed by atoms with Crippen molar-refractivity contribution in [2.45, 2.75) is 39.0 Å². The molecule has 5 nitrogen and oxygen atoms in total. The number of carboxylic acid groups (broad SMARTS) is 1. The summed E-state index contributed by atoms with van der Waals surface area (Å²) in [6.45, 7) is 7.04. The predicted molar refractivity (Wildman–Crippen MR) is 119 cm³/mol. The first kappa shape index (κ1) is 22.5. The van der Waals surface area contributed by atoms with Gasteiger partial charge >= 0.3 is 12.1 Å². The molecule has 0 spiro atoms. The van der Waals surface area contributed by atoms with E-state index in [1.807, 2.05) is 19.1 Å². The maximum Gasteiger partial charge on any atom is 0.416 e. The number of hydrogen-bond acceptors (Lipinski definition) is 5. The minimum Gasteiger partial charge on any atom is -0.481 e. The number of nitrogens with zero attached hydrogens (tertiary/aromatic N) is 3. The number of carbonyl (C=O) groups is 1. The molecule has 1 fully saturated rings. The van der Waals surface area contributed by atoms with E-state index in [4.69, 9.17) is 5.11 Å². The molecule has 1 aromatic heterocycles. The first-order chi connectivity index (χ1) is 15.1. The second-order valence-corrected chi connectivity index (χ2v) is 9.35. The maximum absolute atomic E-state index is 13.0. The van der Waals surface area contributed by atoms with Gasteiger partial charge in [0.15, 0.2) is 5.13 Å². The highest BCUT2D eigenvalue weighted by atomic mass is 32.1. The van der Waals surface area contributed by atoms with Gasteiger partial charge in [-0.1, -0.05) is 35.1 Å². The lowest BCUT2D eigenvalue weighted by Gasteiger charge is -2.40. The summed E-state index contributed by atoms with van der Waals surface area (Å²) in [5.41, 5.74) is 2.85. The van der Waals surface area contributed by atoms with Crippen LogP contribution in [0.3, 0.4) is 0 Å². The van der Waals surface area contributed by atoms with Crippen LogP contribution in [0.25, 0.3) is 10.2 Å². The van der Waals surface area contributed by atoms with E-state index < -0.39 is 17.7 Å². The van der Waals surface area contributed by atoms with Gasteiger partial charge in [0.05, 0.1) is 22.2 Å². The van der Waals surface area contributed by atoms with Crippen LogP contribution in [0.1, 0.15) is 29.2 Å². The molecule has 1 atom stereocenters. The molecule has 2 heterocycles. The van der Waals surface area contributed by atoms with E-state index >= 15 is 0 Å². The Morgan fingerprint density at radius 2 is 1.94 bits per heavy atom. The van der Waals surface area contributed by atoms with Crippen molar-refractivity contribution < 1.29 is 23.1 Å².